The fourth-order valence-electron chi connectivity index (χ4n) is 7.04. The van der Waals surface area contributed by atoms with Crippen LogP contribution in [0.15, 0.2) is 123 Å². The van der Waals surface area contributed by atoms with Crippen molar-refractivity contribution >= 4 is 44.9 Å². The van der Waals surface area contributed by atoms with E-state index in [1.807, 2.05) is 71.6 Å². The first-order valence-electron chi connectivity index (χ1n) is 20.7. The molecule has 0 saturated heterocycles. The summed E-state index contributed by atoms with van der Waals surface area (Å²) in [7, 11) is -6.32. The van der Waals surface area contributed by atoms with E-state index in [0.29, 0.717) is 0 Å². The Morgan fingerprint density at radius 1 is 0.500 bits per heavy atom. The molecule has 0 spiro atoms. The third kappa shape index (κ3) is 19.7. The molecule has 2 aliphatic carbocycles. The summed E-state index contributed by atoms with van der Waals surface area (Å²) in [5.41, 5.74) is 7.85. The quantitative estimate of drug-likeness (QED) is 0.195. The Kier molecular flexibility index (Phi) is 24.7. The van der Waals surface area contributed by atoms with Crippen molar-refractivity contribution < 1.29 is 50.4 Å². The van der Waals surface area contributed by atoms with Gasteiger partial charge in [0.1, 0.15) is 18.3 Å². The molecule has 2 aromatic rings. The molecule has 0 aromatic carbocycles. The maximum Gasteiger partial charge on any atom is 0.198 e. The van der Waals surface area contributed by atoms with Crippen molar-refractivity contribution in [1.82, 2.24) is 19.8 Å². The SMILES string of the molecule is C1=CN(C2CCCCC2)CN1C1CCCCC1.C1=CN(c2ccccn2)CN1c1ccccn1.C=C[Si](C)(C)O[Si](C)(C)C=C.C=C[Si](C)(C)O[Si](C)(C)C=C.[Pt].[Pt]. The minimum atomic E-state index is -1.58. The number of pyridine rings is 2. The Bertz CT molecular complexity index is 1410. The second-order valence-corrected chi connectivity index (χ2v) is 33.3. The van der Waals surface area contributed by atoms with Gasteiger partial charge in [0.15, 0.2) is 33.3 Å². The first-order chi connectivity index (χ1) is 26.5. The molecule has 0 unspecified atom stereocenters. The Hall–Kier alpha value is -1.90. The summed E-state index contributed by atoms with van der Waals surface area (Å²) in [5, 5.41) is 0. The molecule has 328 valence electrons. The normalized spacial score (nSPS) is 17.2. The second-order valence-electron chi connectivity index (χ2n) is 17.2. The largest absolute Gasteiger partial charge is 0.449 e. The zero-order valence-electron chi connectivity index (χ0n) is 36.8. The number of nitrogens with zero attached hydrogens (tertiary/aromatic N) is 6. The molecule has 2 aliphatic heterocycles. The van der Waals surface area contributed by atoms with Crippen LogP contribution in [0.1, 0.15) is 64.2 Å². The fourth-order valence-corrected chi connectivity index (χ4v) is 19.2. The molecule has 4 aliphatic rings. The minimum absolute atomic E-state index is 0. The van der Waals surface area contributed by atoms with Crippen LogP contribution in [0.5, 0.6) is 0 Å². The maximum atomic E-state index is 5.97. The molecule has 8 nitrogen and oxygen atoms in total. The van der Waals surface area contributed by atoms with Crippen LogP contribution in [0.3, 0.4) is 0 Å². The van der Waals surface area contributed by atoms with Gasteiger partial charge in [0, 0.05) is 91.4 Å². The van der Waals surface area contributed by atoms with Gasteiger partial charge >= 0.3 is 0 Å². The monoisotopic (exact) mass is 1220 g/mol. The van der Waals surface area contributed by atoms with Crippen LogP contribution < -0.4 is 9.80 Å². The summed E-state index contributed by atoms with van der Waals surface area (Å²) in [4.78, 5) is 18.0. The van der Waals surface area contributed by atoms with Crippen molar-refractivity contribution in [2.24, 2.45) is 0 Å². The van der Waals surface area contributed by atoms with Gasteiger partial charge in [-0.2, -0.15) is 0 Å². The van der Waals surface area contributed by atoms with Crippen molar-refractivity contribution in [1.29, 1.82) is 0 Å². The van der Waals surface area contributed by atoms with Gasteiger partial charge in [-0.05, 0) is 102 Å². The molecule has 0 radical (unpaired) electrons. The van der Waals surface area contributed by atoms with Crippen LogP contribution in [0, 0.1) is 0 Å². The van der Waals surface area contributed by atoms with Gasteiger partial charge in [0.25, 0.3) is 0 Å². The molecule has 0 amide bonds. The Morgan fingerprint density at radius 3 is 1.10 bits per heavy atom. The topological polar surface area (TPSA) is 57.2 Å². The van der Waals surface area contributed by atoms with Crippen LogP contribution in [0.4, 0.5) is 11.6 Å². The molecular formula is C44H74N6O2Pt2Si4. The van der Waals surface area contributed by atoms with E-state index in [0.717, 1.165) is 30.4 Å². The summed E-state index contributed by atoms with van der Waals surface area (Å²) >= 11 is 0. The molecule has 2 saturated carbocycles. The number of hydrogen-bond acceptors (Lipinski definition) is 8. The van der Waals surface area contributed by atoms with Gasteiger partial charge in [0.2, 0.25) is 0 Å². The summed E-state index contributed by atoms with van der Waals surface area (Å²) in [6, 6.07) is 13.5. The Labute approximate surface area is 386 Å². The van der Waals surface area contributed by atoms with Crippen LogP contribution in [-0.2, 0) is 50.4 Å². The van der Waals surface area contributed by atoms with Gasteiger partial charge in [-0.25, -0.2) is 9.97 Å². The van der Waals surface area contributed by atoms with Crippen LogP contribution in [0.2, 0.25) is 52.4 Å². The van der Waals surface area contributed by atoms with E-state index in [-0.39, 0.29) is 42.1 Å². The first-order valence-corrected chi connectivity index (χ1v) is 32.6. The van der Waals surface area contributed by atoms with Crippen LogP contribution in [-0.4, -0.2) is 78.5 Å². The van der Waals surface area contributed by atoms with E-state index in [4.69, 9.17) is 8.23 Å². The molecule has 58 heavy (non-hydrogen) atoms. The zero-order valence-corrected chi connectivity index (χ0v) is 45.4. The predicted molar refractivity (Wildman–Crippen MR) is 252 cm³/mol. The average molecular weight is 1220 g/mol. The number of anilines is 2. The fraction of sp³-hybridized carbons (Fsp3) is 0.500. The number of rotatable bonds is 12. The summed E-state index contributed by atoms with van der Waals surface area (Å²) in [5.74, 6) is 1.89. The Morgan fingerprint density at radius 2 is 0.828 bits per heavy atom. The van der Waals surface area contributed by atoms with Gasteiger partial charge in [-0.15, -0.1) is 26.3 Å². The summed E-state index contributed by atoms with van der Waals surface area (Å²) in [6.07, 6.45) is 26.7. The molecule has 2 aromatic heterocycles. The van der Waals surface area contributed by atoms with Crippen molar-refractivity contribution in [2.45, 2.75) is 129 Å². The average Bonchev–Trinajstić information content (AvgIpc) is 3.91. The molecular weight excluding hydrogens is 1150 g/mol. The minimum Gasteiger partial charge on any atom is -0.449 e. The van der Waals surface area contributed by atoms with Gasteiger partial charge in [0.05, 0.1) is 6.67 Å². The second kappa shape index (κ2) is 26.4. The van der Waals surface area contributed by atoms with E-state index in [2.05, 4.69) is 121 Å². The molecule has 4 heterocycles. The Balaban J connectivity index is 0.000000392. The van der Waals surface area contributed by atoms with Gasteiger partial charge < -0.3 is 27.8 Å². The standard InChI is InChI=1S/C15H26N2.C13H12N4.2C8H18OSi2.2Pt/c1-3-7-14(8-4-1)16-11-12-17(13-16)15-9-5-2-6-10-15;1-3-7-14-12(5-1)16-9-10-17(11-16)13-6-2-4-8-15-13;2*1-7-10(3,4)9-11(5,6)8-2;;/h11-12,14-15H,1-10,13H2;1-10H,11H2;2*7-8H,1-2H2,3-6H3;;. The molecule has 0 atom stereocenters. The summed E-state index contributed by atoms with van der Waals surface area (Å²) < 4.78 is 11.9. The predicted octanol–water partition coefficient (Wildman–Crippen LogP) is 11.7. The number of hydrogen-bond donors (Lipinski definition) is 0. The van der Waals surface area contributed by atoms with Crippen molar-refractivity contribution in [2.75, 3.05) is 23.1 Å². The van der Waals surface area contributed by atoms with E-state index >= 15 is 0 Å². The smallest absolute Gasteiger partial charge is 0.198 e. The molecule has 14 heteroatoms. The van der Waals surface area contributed by atoms with E-state index in [9.17, 15) is 0 Å². The molecule has 2 fully saturated rings. The van der Waals surface area contributed by atoms with Gasteiger partial charge in [-0.3, -0.25) is 0 Å². The zero-order chi connectivity index (χ0) is 41.2. The van der Waals surface area contributed by atoms with Crippen molar-refractivity contribution in [3.8, 4) is 0 Å². The van der Waals surface area contributed by atoms with Crippen molar-refractivity contribution in [3.05, 3.63) is 123 Å². The van der Waals surface area contributed by atoms with E-state index in [1.54, 1.807) is 12.4 Å². The molecule has 6 rings (SSSR count). The molecule has 0 N–H and O–H groups in total. The van der Waals surface area contributed by atoms with E-state index in [1.165, 1.54) is 70.9 Å². The van der Waals surface area contributed by atoms with Crippen LogP contribution in [0.25, 0.3) is 0 Å². The summed E-state index contributed by atoms with van der Waals surface area (Å²) in [6.45, 7) is 34.2. The third-order valence-electron chi connectivity index (χ3n) is 10.5. The third-order valence-corrected chi connectivity index (χ3v) is 22.9. The van der Waals surface area contributed by atoms with Gasteiger partial charge in [-0.1, -0.05) is 73.5 Å². The van der Waals surface area contributed by atoms with Crippen molar-refractivity contribution in [3.63, 3.8) is 0 Å². The first kappa shape index (κ1) is 54.1. The molecule has 0 bridgehead atoms. The van der Waals surface area contributed by atoms with Crippen LogP contribution >= 0.6 is 0 Å². The number of aromatic nitrogens is 2. The van der Waals surface area contributed by atoms with E-state index < -0.39 is 33.3 Å². The maximum absolute atomic E-state index is 5.97.